The number of aromatic nitrogens is 1. The number of hydrogen-bond acceptors (Lipinski definition) is 7. The summed E-state index contributed by atoms with van der Waals surface area (Å²) < 4.78 is 7.24. The average Bonchev–Trinajstić information content (AvgIpc) is 3.38. The Kier molecular flexibility index (Phi) is 8.59. The Morgan fingerprint density at radius 3 is 2.67 bits per heavy atom. The third-order valence-corrected chi connectivity index (χ3v) is 9.65. The van der Waals surface area contributed by atoms with Gasteiger partial charge in [-0.05, 0) is 61.0 Å². The number of carbonyl (C=O) groups is 1. The molecule has 2 atom stereocenters. The van der Waals surface area contributed by atoms with Gasteiger partial charge >= 0.3 is 6.09 Å². The van der Waals surface area contributed by atoms with Crippen molar-refractivity contribution >= 4 is 72.2 Å². The van der Waals surface area contributed by atoms with Gasteiger partial charge in [0.05, 0.1) is 32.8 Å². The van der Waals surface area contributed by atoms with Crippen molar-refractivity contribution in [2.24, 2.45) is 0 Å². The van der Waals surface area contributed by atoms with E-state index in [-0.39, 0.29) is 16.0 Å². The molecular formula is C25H29BrClN3O4S2. The molecule has 0 aromatic carbocycles. The molecule has 3 heterocycles. The summed E-state index contributed by atoms with van der Waals surface area (Å²) in [5.74, 6) is -0.229. The lowest BCUT2D eigenvalue weighted by Crippen LogP contribution is -2.36. The van der Waals surface area contributed by atoms with Gasteiger partial charge in [-0.2, -0.15) is 0 Å². The summed E-state index contributed by atoms with van der Waals surface area (Å²) in [7, 11) is 0. The summed E-state index contributed by atoms with van der Waals surface area (Å²) in [4.78, 5) is 33.4. The number of hydrogen-bond donors (Lipinski definition) is 0. The molecule has 1 aliphatic rings. The Hall–Kier alpha value is -1.75. The Bertz CT molecular complexity index is 1240. The zero-order valence-electron chi connectivity index (χ0n) is 20.5. The van der Waals surface area contributed by atoms with Crippen LogP contribution in [0.25, 0.3) is 10.2 Å². The van der Waals surface area contributed by atoms with Gasteiger partial charge < -0.3 is 4.74 Å². The van der Waals surface area contributed by atoms with E-state index >= 15 is 0 Å². The zero-order chi connectivity index (χ0) is 26.0. The van der Waals surface area contributed by atoms with Crippen LogP contribution in [0.5, 0.6) is 0 Å². The van der Waals surface area contributed by atoms with Gasteiger partial charge in [-0.25, -0.2) is 9.78 Å². The maximum absolute atomic E-state index is 13.4. The van der Waals surface area contributed by atoms with Crippen LogP contribution in [0.1, 0.15) is 75.0 Å². The van der Waals surface area contributed by atoms with Gasteiger partial charge in [0.15, 0.2) is 0 Å². The Balaban J connectivity index is 1.85. The number of halogens is 2. The van der Waals surface area contributed by atoms with Crippen LogP contribution in [0, 0.1) is 10.1 Å². The van der Waals surface area contributed by atoms with Crippen molar-refractivity contribution in [3.05, 3.63) is 53.1 Å². The molecule has 0 saturated heterocycles. The van der Waals surface area contributed by atoms with Gasteiger partial charge in [-0.1, -0.05) is 36.9 Å². The largest absolute Gasteiger partial charge is 0.443 e. The molecule has 7 nitrogen and oxygen atoms in total. The van der Waals surface area contributed by atoms with Gasteiger partial charge in [0.1, 0.15) is 10.8 Å². The molecule has 194 valence electrons. The zero-order valence-corrected chi connectivity index (χ0v) is 24.4. The van der Waals surface area contributed by atoms with Crippen molar-refractivity contribution in [1.82, 2.24) is 4.98 Å². The fraction of sp³-hybridized carbons (Fsp3) is 0.520. The highest BCUT2D eigenvalue weighted by Crippen LogP contribution is 2.47. The predicted molar refractivity (Wildman–Crippen MR) is 150 cm³/mol. The number of thiophene rings is 2. The average molecular weight is 615 g/mol. The standard InChI is InChI=1S/C25H29BrClN3O4S2/c1-25(2,3)34-24(31)29(14-15-9-8-12-35-15)18-13-19(27)28-21-20(26)22(36-23(18)21)16-10-6-4-5-7-11-17(16)30(32)33/h8-9,12-13,16-17H,4-7,10-11,14H2,1-3H3. The first-order valence-electron chi connectivity index (χ1n) is 12.0. The molecular weight excluding hydrogens is 586 g/mol. The minimum absolute atomic E-state index is 0.127. The van der Waals surface area contributed by atoms with E-state index in [1.165, 1.54) is 11.3 Å². The lowest BCUT2D eigenvalue weighted by molar-refractivity contribution is -0.528. The number of fused-ring (bicyclic) bond motifs is 1. The highest BCUT2D eigenvalue weighted by Gasteiger charge is 2.37. The van der Waals surface area contributed by atoms with Crippen molar-refractivity contribution in [1.29, 1.82) is 0 Å². The number of pyridine rings is 1. The summed E-state index contributed by atoms with van der Waals surface area (Å²) in [6.07, 6.45) is 4.71. The number of nitrogens with zero attached hydrogens (tertiary/aromatic N) is 3. The molecule has 36 heavy (non-hydrogen) atoms. The maximum atomic E-state index is 13.4. The predicted octanol–water partition coefficient (Wildman–Crippen LogP) is 8.80. The summed E-state index contributed by atoms with van der Waals surface area (Å²) in [5.41, 5.74) is 0.522. The molecule has 1 aliphatic carbocycles. The van der Waals surface area contributed by atoms with E-state index in [0.29, 0.717) is 24.2 Å². The van der Waals surface area contributed by atoms with E-state index in [0.717, 1.165) is 51.0 Å². The van der Waals surface area contributed by atoms with Crippen molar-refractivity contribution in [2.45, 2.75) is 83.4 Å². The number of nitro groups is 1. The third-order valence-electron chi connectivity index (χ3n) is 6.19. The molecule has 0 radical (unpaired) electrons. The van der Waals surface area contributed by atoms with E-state index in [2.05, 4.69) is 20.9 Å². The molecule has 0 aliphatic heterocycles. The van der Waals surface area contributed by atoms with E-state index in [9.17, 15) is 14.9 Å². The Morgan fingerprint density at radius 1 is 1.31 bits per heavy atom. The van der Waals surface area contributed by atoms with E-state index in [1.807, 2.05) is 38.3 Å². The summed E-state index contributed by atoms with van der Waals surface area (Å²) in [6, 6.07) is 4.93. The minimum Gasteiger partial charge on any atom is -0.443 e. The first-order chi connectivity index (χ1) is 17.0. The third kappa shape index (κ3) is 6.20. The second kappa shape index (κ2) is 11.3. The van der Waals surface area contributed by atoms with Crippen LogP contribution in [0.15, 0.2) is 28.1 Å². The van der Waals surface area contributed by atoms with Crippen molar-refractivity contribution < 1.29 is 14.5 Å². The molecule has 2 unspecified atom stereocenters. The molecule has 4 rings (SSSR count). The fourth-order valence-electron chi connectivity index (χ4n) is 4.60. The number of anilines is 1. The Morgan fingerprint density at radius 2 is 2.03 bits per heavy atom. The van der Waals surface area contributed by atoms with Crippen molar-refractivity contribution in [2.75, 3.05) is 4.90 Å². The summed E-state index contributed by atoms with van der Waals surface area (Å²) >= 11 is 13.2. The van der Waals surface area contributed by atoms with Crippen LogP contribution in [-0.4, -0.2) is 27.6 Å². The molecule has 3 aromatic rings. The van der Waals surface area contributed by atoms with E-state index in [1.54, 1.807) is 22.3 Å². The normalized spacial score (nSPS) is 19.0. The molecule has 11 heteroatoms. The van der Waals surface area contributed by atoms with E-state index in [4.69, 9.17) is 16.3 Å². The van der Waals surface area contributed by atoms with Crippen LogP contribution in [0.3, 0.4) is 0 Å². The highest BCUT2D eigenvalue weighted by atomic mass is 79.9. The van der Waals surface area contributed by atoms with Crippen LogP contribution in [0.4, 0.5) is 10.5 Å². The number of amides is 1. The van der Waals surface area contributed by atoms with Gasteiger partial charge in [0.2, 0.25) is 6.04 Å². The molecule has 3 aromatic heterocycles. The first-order valence-corrected chi connectivity index (χ1v) is 14.9. The highest BCUT2D eigenvalue weighted by molar-refractivity contribution is 9.10. The second-order valence-electron chi connectivity index (χ2n) is 10.0. The van der Waals surface area contributed by atoms with Gasteiger partial charge in [0.25, 0.3) is 0 Å². The lowest BCUT2D eigenvalue weighted by atomic mass is 9.86. The topological polar surface area (TPSA) is 85.6 Å². The monoisotopic (exact) mass is 613 g/mol. The summed E-state index contributed by atoms with van der Waals surface area (Å²) in [5, 5.41) is 14.3. The number of ether oxygens (including phenoxy) is 1. The van der Waals surface area contributed by atoms with E-state index < -0.39 is 17.7 Å². The molecule has 0 spiro atoms. The SMILES string of the molecule is CC(C)(C)OC(=O)N(Cc1cccs1)c1cc(Cl)nc2c(Br)c(C3CCCCCCC3[N+](=O)[O-])sc12. The van der Waals surface area contributed by atoms with Crippen LogP contribution < -0.4 is 4.90 Å². The van der Waals surface area contributed by atoms with Gasteiger partial charge in [-0.3, -0.25) is 15.0 Å². The molecule has 1 fully saturated rings. The Labute approximate surface area is 232 Å². The molecule has 0 N–H and O–H groups in total. The van der Waals surface area contributed by atoms with Crippen LogP contribution in [-0.2, 0) is 11.3 Å². The van der Waals surface area contributed by atoms with Gasteiger partial charge in [0, 0.05) is 27.2 Å². The van der Waals surface area contributed by atoms with Gasteiger partial charge in [-0.15, -0.1) is 22.7 Å². The lowest BCUT2D eigenvalue weighted by Gasteiger charge is -2.27. The molecule has 1 saturated carbocycles. The van der Waals surface area contributed by atoms with Crippen LogP contribution in [0.2, 0.25) is 5.15 Å². The summed E-state index contributed by atoms with van der Waals surface area (Å²) in [6.45, 7) is 5.80. The van der Waals surface area contributed by atoms with Crippen LogP contribution >= 0.6 is 50.2 Å². The number of rotatable bonds is 5. The first kappa shape index (κ1) is 27.3. The maximum Gasteiger partial charge on any atom is 0.415 e. The fourth-order valence-corrected chi connectivity index (χ4v) is 7.78. The molecule has 0 bridgehead atoms. The second-order valence-corrected chi connectivity index (χ2v) is 13.3. The smallest absolute Gasteiger partial charge is 0.415 e. The van der Waals surface area contributed by atoms with Crippen molar-refractivity contribution in [3.8, 4) is 0 Å². The van der Waals surface area contributed by atoms with Crippen molar-refractivity contribution in [3.63, 3.8) is 0 Å². The molecule has 1 amide bonds. The number of carbonyl (C=O) groups excluding carboxylic acids is 1. The quantitative estimate of drug-likeness (QED) is 0.163. The minimum atomic E-state index is -0.681.